The van der Waals surface area contributed by atoms with E-state index in [9.17, 15) is 5.11 Å². The smallest absolute Gasteiger partial charge is 0.161 e. The lowest BCUT2D eigenvalue weighted by molar-refractivity contribution is 0.302. The summed E-state index contributed by atoms with van der Waals surface area (Å²) in [4.78, 5) is 0. The van der Waals surface area contributed by atoms with Gasteiger partial charge in [0.1, 0.15) is 5.75 Å². The van der Waals surface area contributed by atoms with Crippen LogP contribution in [-0.2, 0) is 6.42 Å². The molecule has 2 rings (SSSR count). The van der Waals surface area contributed by atoms with E-state index in [1.165, 1.54) is 17.7 Å². The second-order valence-corrected chi connectivity index (χ2v) is 3.74. The normalized spacial score (nSPS) is 10.1. The Morgan fingerprint density at radius 3 is 2.41 bits per heavy atom. The van der Waals surface area contributed by atoms with Gasteiger partial charge in [0.05, 0.1) is 6.61 Å². The molecule has 2 aromatic carbocycles. The molecule has 0 saturated carbocycles. The summed E-state index contributed by atoms with van der Waals surface area (Å²) in [5.74, 6) is 0.370. The molecule has 0 atom stereocenters. The van der Waals surface area contributed by atoms with Crippen molar-refractivity contribution in [3.8, 4) is 17.2 Å². The SMILES string of the molecule is Oc1ccc(OCCc2ccccc2)c(O)c1. The third-order valence-corrected chi connectivity index (χ3v) is 2.43. The molecular formula is C14H14O3. The zero-order chi connectivity index (χ0) is 12.1. The van der Waals surface area contributed by atoms with Crippen LogP contribution in [0.4, 0.5) is 0 Å². The number of benzene rings is 2. The molecule has 0 aliphatic heterocycles. The van der Waals surface area contributed by atoms with Crippen molar-refractivity contribution in [2.24, 2.45) is 0 Å². The van der Waals surface area contributed by atoms with Gasteiger partial charge in [-0.25, -0.2) is 0 Å². The number of hydrogen-bond acceptors (Lipinski definition) is 3. The lowest BCUT2D eigenvalue weighted by Crippen LogP contribution is -2.01. The van der Waals surface area contributed by atoms with Crippen LogP contribution in [0, 0.1) is 0 Å². The van der Waals surface area contributed by atoms with Crippen LogP contribution in [0.5, 0.6) is 17.2 Å². The number of hydrogen-bond donors (Lipinski definition) is 2. The van der Waals surface area contributed by atoms with Crippen LogP contribution in [0.25, 0.3) is 0 Å². The van der Waals surface area contributed by atoms with E-state index in [1.54, 1.807) is 6.07 Å². The maximum atomic E-state index is 9.50. The molecule has 0 radical (unpaired) electrons. The first-order valence-corrected chi connectivity index (χ1v) is 5.44. The molecule has 0 amide bonds. The van der Waals surface area contributed by atoms with E-state index in [2.05, 4.69) is 0 Å². The van der Waals surface area contributed by atoms with E-state index in [1.807, 2.05) is 30.3 Å². The Morgan fingerprint density at radius 2 is 1.71 bits per heavy atom. The number of rotatable bonds is 4. The predicted octanol–water partition coefficient (Wildman–Crippen LogP) is 2.72. The molecular weight excluding hydrogens is 216 g/mol. The van der Waals surface area contributed by atoms with Crippen molar-refractivity contribution in [1.29, 1.82) is 0 Å². The Labute approximate surface area is 99.9 Å². The van der Waals surface area contributed by atoms with Gasteiger partial charge in [0.15, 0.2) is 11.5 Å². The van der Waals surface area contributed by atoms with Gasteiger partial charge in [-0.1, -0.05) is 30.3 Å². The molecule has 3 heteroatoms. The Morgan fingerprint density at radius 1 is 0.941 bits per heavy atom. The second-order valence-electron chi connectivity index (χ2n) is 3.74. The molecule has 88 valence electrons. The van der Waals surface area contributed by atoms with Crippen LogP contribution in [0.15, 0.2) is 48.5 Å². The van der Waals surface area contributed by atoms with E-state index >= 15 is 0 Å². The lowest BCUT2D eigenvalue weighted by Gasteiger charge is -2.08. The topological polar surface area (TPSA) is 49.7 Å². The molecule has 0 fully saturated rings. The Balaban J connectivity index is 1.90. The van der Waals surface area contributed by atoms with Gasteiger partial charge in [-0.3, -0.25) is 0 Å². The summed E-state index contributed by atoms with van der Waals surface area (Å²) in [6.45, 7) is 0.488. The molecule has 17 heavy (non-hydrogen) atoms. The summed E-state index contributed by atoms with van der Waals surface area (Å²) >= 11 is 0. The van der Waals surface area contributed by atoms with Crippen molar-refractivity contribution in [1.82, 2.24) is 0 Å². The van der Waals surface area contributed by atoms with Crippen LogP contribution in [-0.4, -0.2) is 16.8 Å². The average molecular weight is 230 g/mol. The highest BCUT2D eigenvalue weighted by molar-refractivity contribution is 5.43. The van der Waals surface area contributed by atoms with E-state index in [4.69, 9.17) is 9.84 Å². The molecule has 0 aliphatic carbocycles. The van der Waals surface area contributed by atoms with Crippen molar-refractivity contribution in [2.75, 3.05) is 6.61 Å². The van der Waals surface area contributed by atoms with Crippen LogP contribution < -0.4 is 4.74 Å². The second kappa shape index (κ2) is 5.25. The van der Waals surface area contributed by atoms with Gasteiger partial charge < -0.3 is 14.9 Å². The lowest BCUT2D eigenvalue weighted by atomic mass is 10.2. The van der Waals surface area contributed by atoms with Gasteiger partial charge >= 0.3 is 0 Å². The van der Waals surface area contributed by atoms with Crippen molar-refractivity contribution in [2.45, 2.75) is 6.42 Å². The average Bonchev–Trinajstić information content (AvgIpc) is 2.33. The van der Waals surface area contributed by atoms with Gasteiger partial charge in [0.25, 0.3) is 0 Å². The van der Waals surface area contributed by atoms with E-state index in [-0.39, 0.29) is 11.5 Å². The highest BCUT2D eigenvalue weighted by Crippen LogP contribution is 2.29. The first kappa shape index (κ1) is 11.3. The van der Waals surface area contributed by atoms with Crippen molar-refractivity contribution >= 4 is 0 Å². The number of phenols is 2. The van der Waals surface area contributed by atoms with Crippen LogP contribution in [0.3, 0.4) is 0 Å². The first-order chi connectivity index (χ1) is 8.25. The number of phenolic OH excluding ortho intramolecular Hbond substituents is 2. The van der Waals surface area contributed by atoms with Gasteiger partial charge in [-0.2, -0.15) is 0 Å². The summed E-state index contributed by atoms with van der Waals surface area (Å²) < 4.78 is 5.43. The van der Waals surface area contributed by atoms with E-state index < -0.39 is 0 Å². The molecule has 0 heterocycles. The minimum Gasteiger partial charge on any atom is -0.508 e. The van der Waals surface area contributed by atoms with E-state index in [0.29, 0.717) is 12.4 Å². The van der Waals surface area contributed by atoms with Crippen molar-refractivity contribution < 1.29 is 14.9 Å². The third-order valence-electron chi connectivity index (χ3n) is 2.43. The fraction of sp³-hybridized carbons (Fsp3) is 0.143. The minimum absolute atomic E-state index is 0.0258. The van der Waals surface area contributed by atoms with Gasteiger partial charge in [0.2, 0.25) is 0 Å². The maximum Gasteiger partial charge on any atom is 0.161 e. The molecule has 0 saturated heterocycles. The molecule has 2 aromatic rings. The summed E-state index contributed by atoms with van der Waals surface area (Å²) in [6, 6.07) is 14.3. The van der Waals surface area contributed by atoms with Crippen LogP contribution in [0.1, 0.15) is 5.56 Å². The fourth-order valence-electron chi connectivity index (χ4n) is 1.55. The summed E-state index contributed by atoms with van der Waals surface area (Å²) in [6.07, 6.45) is 0.779. The van der Waals surface area contributed by atoms with Crippen LogP contribution in [0.2, 0.25) is 0 Å². The summed E-state index contributed by atoms with van der Waals surface area (Å²) in [5.41, 5.74) is 1.19. The minimum atomic E-state index is -0.0435. The first-order valence-electron chi connectivity index (χ1n) is 5.44. The fourth-order valence-corrected chi connectivity index (χ4v) is 1.55. The summed E-state index contributed by atoms with van der Waals surface area (Å²) in [5, 5.41) is 18.6. The quantitative estimate of drug-likeness (QED) is 0.849. The molecule has 0 spiro atoms. The zero-order valence-corrected chi connectivity index (χ0v) is 9.34. The van der Waals surface area contributed by atoms with Gasteiger partial charge in [-0.15, -0.1) is 0 Å². The largest absolute Gasteiger partial charge is 0.508 e. The maximum absolute atomic E-state index is 9.50. The van der Waals surface area contributed by atoms with Crippen LogP contribution >= 0.6 is 0 Å². The number of ether oxygens (including phenoxy) is 1. The monoisotopic (exact) mass is 230 g/mol. The molecule has 0 aromatic heterocycles. The Kier molecular flexibility index (Phi) is 3.50. The molecule has 0 unspecified atom stereocenters. The third kappa shape index (κ3) is 3.14. The molecule has 3 nitrogen and oxygen atoms in total. The standard InChI is InChI=1S/C14H14O3/c15-12-6-7-14(13(16)10-12)17-9-8-11-4-2-1-3-5-11/h1-7,10,15-16H,8-9H2. The van der Waals surface area contributed by atoms with Crippen molar-refractivity contribution in [3.05, 3.63) is 54.1 Å². The van der Waals surface area contributed by atoms with Gasteiger partial charge in [0, 0.05) is 12.5 Å². The molecule has 0 aliphatic rings. The van der Waals surface area contributed by atoms with Crippen molar-refractivity contribution in [3.63, 3.8) is 0 Å². The van der Waals surface area contributed by atoms with E-state index in [0.717, 1.165) is 6.42 Å². The van der Waals surface area contributed by atoms with Gasteiger partial charge in [-0.05, 0) is 17.7 Å². The Bertz CT molecular complexity index is 480. The Hall–Kier alpha value is -2.16. The molecule has 0 bridgehead atoms. The number of aromatic hydroxyl groups is 2. The highest BCUT2D eigenvalue weighted by atomic mass is 16.5. The predicted molar refractivity (Wildman–Crippen MR) is 65.4 cm³/mol. The highest BCUT2D eigenvalue weighted by Gasteiger charge is 2.03. The zero-order valence-electron chi connectivity index (χ0n) is 9.34. The summed E-state index contributed by atoms with van der Waals surface area (Å²) in [7, 11) is 0. The molecule has 2 N–H and O–H groups in total.